The van der Waals surface area contributed by atoms with E-state index in [1.807, 2.05) is 27.7 Å². The number of aryl methyl sites for hydroxylation is 1. The molecule has 88 valence electrons. The Morgan fingerprint density at radius 3 is 2.44 bits per heavy atom. The minimum absolute atomic E-state index is 0.122. The van der Waals surface area contributed by atoms with Crippen LogP contribution in [0.15, 0.2) is 18.2 Å². The van der Waals surface area contributed by atoms with Crippen LogP contribution in [-0.4, -0.2) is 10.5 Å². The first-order chi connectivity index (χ1) is 7.29. The van der Waals surface area contributed by atoms with Crippen molar-refractivity contribution in [2.24, 2.45) is 0 Å². The average Bonchev–Trinajstić information content (AvgIpc) is 2.14. The lowest BCUT2D eigenvalue weighted by Crippen LogP contribution is -2.18. The third-order valence-corrected chi connectivity index (χ3v) is 2.20. The molecule has 0 spiro atoms. The van der Waals surface area contributed by atoms with Crippen molar-refractivity contribution in [3.05, 3.63) is 39.4 Å². The summed E-state index contributed by atoms with van der Waals surface area (Å²) in [6.07, 6.45) is 0. The Morgan fingerprint density at radius 1 is 1.38 bits per heavy atom. The fourth-order valence-electron chi connectivity index (χ4n) is 1.25. The van der Waals surface area contributed by atoms with E-state index in [0.29, 0.717) is 6.61 Å². The van der Waals surface area contributed by atoms with Crippen LogP contribution in [0, 0.1) is 17.0 Å². The quantitative estimate of drug-likeness (QED) is 0.584. The molecule has 0 aliphatic heterocycles. The van der Waals surface area contributed by atoms with Crippen molar-refractivity contribution in [3.63, 3.8) is 0 Å². The van der Waals surface area contributed by atoms with E-state index >= 15 is 0 Å². The number of nitrogens with zero attached hydrogens (tertiary/aromatic N) is 1. The van der Waals surface area contributed by atoms with Crippen molar-refractivity contribution in [1.29, 1.82) is 0 Å². The molecule has 1 rings (SSSR count). The summed E-state index contributed by atoms with van der Waals surface area (Å²) in [6.45, 7) is 8.27. The molecule has 4 nitrogen and oxygen atoms in total. The lowest BCUT2D eigenvalue weighted by atomic mass is 10.1. The van der Waals surface area contributed by atoms with Gasteiger partial charge in [0.05, 0.1) is 17.1 Å². The number of ether oxygens (including phenoxy) is 1. The van der Waals surface area contributed by atoms with Gasteiger partial charge in [0.25, 0.3) is 5.69 Å². The normalized spacial score (nSPS) is 11.5. The second-order valence-corrected chi connectivity index (χ2v) is 4.77. The lowest BCUT2D eigenvalue weighted by molar-refractivity contribution is -0.384. The molecule has 0 atom stereocenters. The highest BCUT2D eigenvalue weighted by molar-refractivity contribution is 5.38. The molecule has 4 heteroatoms. The summed E-state index contributed by atoms with van der Waals surface area (Å²) in [5.74, 6) is 0. The molecule has 0 unspecified atom stereocenters. The molecule has 0 saturated heterocycles. The zero-order chi connectivity index (χ0) is 12.3. The molecule has 0 amide bonds. The van der Waals surface area contributed by atoms with Crippen molar-refractivity contribution in [2.45, 2.75) is 39.9 Å². The van der Waals surface area contributed by atoms with Crippen LogP contribution in [0.2, 0.25) is 0 Å². The van der Waals surface area contributed by atoms with E-state index in [-0.39, 0.29) is 16.2 Å². The van der Waals surface area contributed by atoms with Crippen LogP contribution in [0.3, 0.4) is 0 Å². The number of nitro benzene ring substituents is 1. The fourth-order valence-corrected chi connectivity index (χ4v) is 1.25. The highest BCUT2D eigenvalue weighted by Crippen LogP contribution is 2.19. The first-order valence-corrected chi connectivity index (χ1v) is 5.17. The van der Waals surface area contributed by atoms with E-state index in [4.69, 9.17) is 4.74 Å². The second-order valence-electron chi connectivity index (χ2n) is 4.77. The van der Waals surface area contributed by atoms with Gasteiger partial charge in [0.1, 0.15) is 0 Å². The van der Waals surface area contributed by atoms with E-state index in [1.165, 1.54) is 6.07 Å². The zero-order valence-electron chi connectivity index (χ0n) is 10.1. The van der Waals surface area contributed by atoms with E-state index < -0.39 is 0 Å². The maximum Gasteiger partial charge on any atom is 0.269 e. The molecule has 0 fully saturated rings. The number of hydrogen-bond acceptors (Lipinski definition) is 3. The van der Waals surface area contributed by atoms with Crippen molar-refractivity contribution >= 4 is 5.69 Å². The predicted octanol–water partition coefficient (Wildman–Crippen LogP) is 3.22. The van der Waals surface area contributed by atoms with Crippen molar-refractivity contribution in [1.82, 2.24) is 0 Å². The largest absolute Gasteiger partial charge is 0.371 e. The van der Waals surface area contributed by atoms with Gasteiger partial charge in [-0.1, -0.05) is 0 Å². The third-order valence-electron chi connectivity index (χ3n) is 2.20. The molecule has 0 radical (unpaired) electrons. The van der Waals surface area contributed by atoms with Crippen LogP contribution >= 0.6 is 0 Å². The molecule has 0 heterocycles. The third kappa shape index (κ3) is 3.62. The van der Waals surface area contributed by atoms with Gasteiger partial charge in [0.15, 0.2) is 0 Å². The number of rotatable bonds is 3. The zero-order valence-corrected chi connectivity index (χ0v) is 10.1. The van der Waals surface area contributed by atoms with Crippen LogP contribution in [0.1, 0.15) is 31.9 Å². The van der Waals surface area contributed by atoms with Gasteiger partial charge in [-0.15, -0.1) is 0 Å². The van der Waals surface area contributed by atoms with Crippen LogP contribution < -0.4 is 0 Å². The maximum atomic E-state index is 10.6. The Morgan fingerprint density at radius 2 is 2.00 bits per heavy atom. The van der Waals surface area contributed by atoms with Gasteiger partial charge < -0.3 is 4.74 Å². The van der Waals surface area contributed by atoms with Crippen LogP contribution in [0.5, 0.6) is 0 Å². The fraction of sp³-hybridized carbons (Fsp3) is 0.500. The first-order valence-electron chi connectivity index (χ1n) is 5.17. The van der Waals surface area contributed by atoms with E-state index in [1.54, 1.807) is 12.1 Å². The Labute approximate surface area is 95.4 Å². The predicted molar refractivity (Wildman–Crippen MR) is 62.4 cm³/mol. The summed E-state index contributed by atoms with van der Waals surface area (Å²) in [6, 6.07) is 4.83. The van der Waals surface area contributed by atoms with Gasteiger partial charge in [-0.05, 0) is 44.9 Å². The highest BCUT2D eigenvalue weighted by atomic mass is 16.6. The van der Waals surface area contributed by atoms with Gasteiger partial charge in [-0.25, -0.2) is 0 Å². The minimum Gasteiger partial charge on any atom is -0.371 e. The van der Waals surface area contributed by atoms with Crippen LogP contribution in [0.4, 0.5) is 5.69 Å². The van der Waals surface area contributed by atoms with Gasteiger partial charge >= 0.3 is 0 Å². The van der Waals surface area contributed by atoms with Crippen LogP contribution in [0.25, 0.3) is 0 Å². The van der Waals surface area contributed by atoms with E-state index in [9.17, 15) is 10.1 Å². The SMILES string of the molecule is Cc1cc([N+](=O)[O-])ccc1COC(C)(C)C. The number of benzene rings is 1. The Balaban J connectivity index is 2.80. The second kappa shape index (κ2) is 4.61. The monoisotopic (exact) mass is 223 g/mol. The first kappa shape index (κ1) is 12.6. The van der Waals surface area contributed by atoms with Crippen molar-refractivity contribution < 1.29 is 9.66 Å². The Hall–Kier alpha value is -1.42. The molecular formula is C12H17NO3. The smallest absolute Gasteiger partial charge is 0.269 e. The summed E-state index contributed by atoms with van der Waals surface area (Å²) in [4.78, 5) is 10.2. The van der Waals surface area contributed by atoms with E-state index in [2.05, 4.69) is 0 Å². The van der Waals surface area contributed by atoms with Crippen molar-refractivity contribution in [2.75, 3.05) is 0 Å². The summed E-state index contributed by atoms with van der Waals surface area (Å²) < 4.78 is 5.63. The molecular weight excluding hydrogens is 206 g/mol. The minimum atomic E-state index is -0.388. The number of non-ortho nitro benzene ring substituents is 1. The summed E-state index contributed by atoms with van der Waals surface area (Å²) in [5, 5.41) is 10.6. The van der Waals surface area contributed by atoms with Crippen molar-refractivity contribution in [3.8, 4) is 0 Å². The highest BCUT2D eigenvalue weighted by Gasteiger charge is 2.12. The summed E-state index contributed by atoms with van der Waals surface area (Å²) >= 11 is 0. The Kier molecular flexibility index (Phi) is 3.65. The molecule has 0 aliphatic rings. The molecule has 1 aromatic carbocycles. The molecule has 0 bridgehead atoms. The molecule has 1 aromatic rings. The van der Waals surface area contributed by atoms with Gasteiger partial charge in [-0.3, -0.25) is 10.1 Å². The lowest BCUT2D eigenvalue weighted by Gasteiger charge is -2.20. The summed E-state index contributed by atoms with van der Waals surface area (Å²) in [7, 11) is 0. The number of hydrogen-bond donors (Lipinski definition) is 0. The van der Waals surface area contributed by atoms with Gasteiger partial charge in [0, 0.05) is 12.1 Å². The number of nitro groups is 1. The van der Waals surface area contributed by atoms with Gasteiger partial charge in [-0.2, -0.15) is 0 Å². The Bertz CT molecular complexity index is 394. The topological polar surface area (TPSA) is 52.4 Å². The molecule has 0 aliphatic carbocycles. The van der Waals surface area contributed by atoms with Crippen LogP contribution in [-0.2, 0) is 11.3 Å². The molecule has 0 saturated carbocycles. The maximum absolute atomic E-state index is 10.6. The van der Waals surface area contributed by atoms with Gasteiger partial charge in [0.2, 0.25) is 0 Å². The summed E-state index contributed by atoms with van der Waals surface area (Å²) in [5.41, 5.74) is 1.80. The standard InChI is InChI=1S/C12H17NO3/c1-9-7-11(13(14)15)6-5-10(9)8-16-12(2,3)4/h5-7H,8H2,1-4H3. The molecule has 0 aromatic heterocycles. The average molecular weight is 223 g/mol. The molecule has 16 heavy (non-hydrogen) atoms. The van der Waals surface area contributed by atoms with E-state index in [0.717, 1.165) is 11.1 Å². The molecule has 0 N–H and O–H groups in total.